The van der Waals surface area contributed by atoms with Crippen molar-refractivity contribution in [2.75, 3.05) is 0 Å². The molecule has 13 rings (SSSR count). The molecule has 0 saturated heterocycles. The van der Waals surface area contributed by atoms with E-state index in [9.17, 15) is 0 Å². The highest BCUT2D eigenvalue weighted by molar-refractivity contribution is 6.15. The molecule has 0 radical (unpaired) electrons. The van der Waals surface area contributed by atoms with Crippen LogP contribution in [0.4, 0.5) is 0 Å². The van der Waals surface area contributed by atoms with Crippen LogP contribution in [0.3, 0.4) is 0 Å². The Morgan fingerprint density at radius 1 is 0.300 bits per heavy atom. The Morgan fingerprint density at radius 3 is 1.53 bits per heavy atom. The van der Waals surface area contributed by atoms with E-state index in [1.165, 1.54) is 60.8 Å². The summed E-state index contributed by atoms with van der Waals surface area (Å²) in [6.45, 7) is 0. The van der Waals surface area contributed by atoms with Gasteiger partial charge in [-0.25, -0.2) is 15.0 Å². The summed E-state index contributed by atoms with van der Waals surface area (Å²) in [6.07, 6.45) is 0. The second-order valence-electron chi connectivity index (χ2n) is 15.9. The van der Waals surface area contributed by atoms with Crippen LogP contribution in [0.5, 0.6) is 11.5 Å². The van der Waals surface area contributed by atoms with E-state index in [-0.39, 0.29) is 0 Å². The molecule has 0 bridgehead atoms. The lowest BCUT2D eigenvalue weighted by atomic mass is 9.66. The Labute approximate surface area is 347 Å². The molecule has 0 N–H and O–H groups in total. The zero-order chi connectivity index (χ0) is 39.4. The monoisotopic (exact) mass is 763 g/mol. The van der Waals surface area contributed by atoms with Crippen LogP contribution in [0, 0.1) is 0 Å². The molecular formula is C56H33N3O. The maximum atomic E-state index is 6.72. The lowest BCUT2D eigenvalue weighted by Crippen LogP contribution is -2.32. The fourth-order valence-electron chi connectivity index (χ4n) is 10.1. The molecule has 60 heavy (non-hydrogen) atoms. The van der Waals surface area contributed by atoms with E-state index in [4.69, 9.17) is 19.7 Å². The zero-order valence-electron chi connectivity index (χ0n) is 32.3. The van der Waals surface area contributed by atoms with Crippen molar-refractivity contribution in [3.05, 3.63) is 222 Å². The fraction of sp³-hybridized carbons (Fsp3) is 0.0179. The van der Waals surface area contributed by atoms with Crippen LogP contribution in [0.15, 0.2) is 200 Å². The Hall–Kier alpha value is -7.95. The maximum absolute atomic E-state index is 6.72. The molecule has 0 saturated carbocycles. The quantitative estimate of drug-likeness (QED) is 0.179. The van der Waals surface area contributed by atoms with Crippen LogP contribution in [-0.4, -0.2) is 15.0 Å². The maximum Gasteiger partial charge on any atom is 0.164 e. The molecule has 10 aromatic rings. The van der Waals surface area contributed by atoms with Gasteiger partial charge in [0.15, 0.2) is 17.5 Å². The predicted octanol–water partition coefficient (Wildman–Crippen LogP) is 13.8. The van der Waals surface area contributed by atoms with Crippen molar-refractivity contribution in [3.8, 4) is 90.2 Å². The van der Waals surface area contributed by atoms with Crippen molar-refractivity contribution in [2.24, 2.45) is 0 Å². The molecule has 4 heteroatoms. The molecule has 9 aromatic carbocycles. The van der Waals surface area contributed by atoms with Gasteiger partial charge < -0.3 is 4.74 Å². The molecule has 0 amide bonds. The first kappa shape index (κ1) is 33.1. The summed E-state index contributed by atoms with van der Waals surface area (Å²) in [4.78, 5) is 15.5. The predicted molar refractivity (Wildman–Crippen MR) is 241 cm³/mol. The second kappa shape index (κ2) is 12.5. The minimum atomic E-state index is -0.589. The smallest absolute Gasteiger partial charge is 0.164 e. The van der Waals surface area contributed by atoms with Gasteiger partial charge in [-0.3, -0.25) is 0 Å². The molecule has 3 aliphatic rings. The first-order chi connectivity index (χ1) is 29.7. The first-order valence-electron chi connectivity index (χ1n) is 20.4. The van der Waals surface area contributed by atoms with Crippen molar-refractivity contribution in [2.45, 2.75) is 5.41 Å². The van der Waals surface area contributed by atoms with E-state index in [1.54, 1.807) is 0 Å². The minimum Gasteiger partial charge on any atom is -0.457 e. The molecular weight excluding hydrogens is 731 g/mol. The average molecular weight is 764 g/mol. The number of hydrogen-bond acceptors (Lipinski definition) is 4. The van der Waals surface area contributed by atoms with E-state index in [0.29, 0.717) is 17.5 Å². The van der Waals surface area contributed by atoms with Gasteiger partial charge in [-0.05, 0) is 96.7 Å². The van der Waals surface area contributed by atoms with Gasteiger partial charge in [0, 0.05) is 27.8 Å². The molecule has 0 unspecified atom stereocenters. The number of hydrogen-bond donors (Lipinski definition) is 0. The number of rotatable bonds is 4. The third-order valence-corrected chi connectivity index (χ3v) is 12.8. The van der Waals surface area contributed by atoms with E-state index in [1.807, 2.05) is 24.3 Å². The molecule has 0 fully saturated rings. The van der Waals surface area contributed by atoms with Crippen molar-refractivity contribution in [3.63, 3.8) is 0 Å². The zero-order valence-corrected chi connectivity index (χ0v) is 32.3. The number of ether oxygens (including phenoxy) is 1. The van der Waals surface area contributed by atoms with Crippen LogP contribution < -0.4 is 4.74 Å². The summed E-state index contributed by atoms with van der Waals surface area (Å²) >= 11 is 0. The van der Waals surface area contributed by atoms with E-state index in [0.717, 1.165) is 44.9 Å². The Morgan fingerprint density at radius 2 is 0.817 bits per heavy atom. The number of aromatic nitrogens is 3. The summed E-state index contributed by atoms with van der Waals surface area (Å²) in [6, 6.07) is 71.3. The van der Waals surface area contributed by atoms with Crippen molar-refractivity contribution >= 4 is 10.8 Å². The molecule has 1 spiro atoms. The topological polar surface area (TPSA) is 47.9 Å². The van der Waals surface area contributed by atoms with Gasteiger partial charge in [0.1, 0.15) is 11.5 Å². The first-order valence-corrected chi connectivity index (χ1v) is 20.4. The Bertz CT molecular complexity index is 3360. The van der Waals surface area contributed by atoms with Gasteiger partial charge in [-0.1, -0.05) is 170 Å². The third-order valence-electron chi connectivity index (χ3n) is 12.8. The minimum absolute atomic E-state index is 0.589. The summed E-state index contributed by atoms with van der Waals surface area (Å²) in [5.41, 5.74) is 16.8. The number of fused-ring (bicyclic) bond motifs is 12. The average Bonchev–Trinajstić information content (AvgIpc) is 3.80. The molecule has 0 atom stereocenters. The number of benzene rings is 9. The van der Waals surface area contributed by atoms with Crippen molar-refractivity contribution in [1.82, 2.24) is 15.0 Å². The Kier molecular flexibility index (Phi) is 6.90. The summed E-state index contributed by atoms with van der Waals surface area (Å²) in [5.74, 6) is 3.53. The van der Waals surface area contributed by atoms with Crippen LogP contribution in [0.25, 0.3) is 89.4 Å². The highest BCUT2D eigenvalue weighted by Crippen LogP contribution is 2.62. The largest absolute Gasteiger partial charge is 0.457 e. The van der Waals surface area contributed by atoms with Crippen molar-refractivity contribution in [1.29, 1.82) is 0 Å². The van der Waals surface area contributed by atoms with Gasteiger partial charge in [0.2, 0.25) is 0 Å². The van der Waals surface area contributed by atoms with Gasteiger partial charge in [-0.2, -0.15) is 0 Å². The van der Waals surface area contributed by atoms with Gasteiger partial charge in [-0.15, -0.1) is 0 Å². The lowest BCUT2D eigenvalue weighted by molar-refractivity contribution is 0.436. The lowest BCUT2D eigenvalue weighted by Gasteiger charge is -2.39. The summed E-state index contributed by atoms with van der Waals surface area (Å²) < 4.78 is 6.72. The second-order valence-corrected chi connectivity index (χ2v) is 15.9. The van der Waals surface area contributed by atoms with E-state index < -0.39 is 5.41 Å². The number of para-hydroxylation sites is 1. The molecule has 4 nitrogen and oxygen atoms in total. The standard InChI is InChI=1S/C56H33N3O/c1-2-12-36(13-3-1)53-57-54(37-26-24-34(25-27-37)38-28-30-40-43-18-10-14-35-15-11-19-44(52(35)43)45(40)32-38)59-55(58-53)39-29-31-51-49(33-39)56(48-22-8-9-23-50(48)60-51)46-20-6-4-16-41(46)42-17-5-7-21-47(42)56/h1-33H. The molecule has 2 aliphatic carbocycles. The van der Waals surface area contributed by atoms with Gasteiger partial charge >= 0.3 is 0 Å². The Balaban J connectivity index is 0.947. The van der Waals surface area contributed by atoms with Gasteiger partial charge in [0.25, 0.3) is 0 Å². The fourth-order valence-corrected chi connectivity index (χ4v) is 10.1. The van der Waals surface area contributed by atoms with Crippen LogP contribution in [0.2, 0.25) is 0 Å². The highest BCUT2D eigenvalue weighted by Gasteiger charge is 2.51. The number of nitrogens with zero attached hydrogens (tertiary/aromatic N) is 3. The van der Waals surface area contributed by atoms with Gasteiger partial charge in [0.05, 0.1) is 5.41 Å². The van der Waals surface area contributed by atoms with Crippen LogP contribution in [0.1, 0.15) is 22.3 Å². The van der Waals surface area contributed by atoms with E-state index >= 15 is 0 Å². The van der Waals surface area contributed by atoms with Crippen molar-refractivity contribution < 1.29 is 4.74 Å². The van der Waals surface area contributed by atoms with E-state index in [2.05, 4.69) is 176 Å². The summed E-state index contributed by atoms with van der Waals surface area (Å²) in [5, 5.41) is 2.62. The third kappa shape index (κ3) is 4.64. The summed E-state index contributed by atoms with van der Waals surface area (Å²) in [7, 11) is 0. The molecule has 2 heterocycles. The molecule has 1 aromatic heterocycles. The SMILES string of the molecule is c1ccc(-c2nc(-c3ccc(-c4ccc5c(c4)-c4cccc6cccc-5c46)cc3)nc(-c3ccc4c(c3)C3(c5ccccc5O4)c4ccccc4-c4ccccc43)n2)cc1. The van der Waals surface area contributed by atoms with Crippen LogP contribution >= 0.6 is 0 Å². The molecule has 1 aliphatic heterocycles. The van der Waals surface area contributed by atoms with Crippen LogP contribution in [-0.2, 0) is 5.41 Å². The molecule has 278 valence electrons. The highest BCUT2D eigenvalue weighted by atomic mass is 16.5. The normalized spacial score (nSPS) is 13.3.